The highest BCUT2D eigenvalue weighted by Crippen LogP contribution is 2.26. The van der Waals surface area contributed by atoms with Crippen LogP contribution in [0.15, 0.2) is 18.2 Å². The van der Waals surface area contributed by atoms with Crippen molar-refractivity contribution in [1.82, 2.24) is 0 Å². The average molecular weight is 234 g/mol. The highest BCUT2D eigenvalue weighted by Gasteiger charge is 2.27. The minimum absolute atomic E-state index is 0.306. The van der Waals surface area contributed by atoms with Gasteiger partial charge in [-0.2, -0.15) is 0 Å². The van der Waals surface area contributed by atoms with E-state index in [0.29, 0.717) is 15.6 Å². The Labute approximate surface area is 91.4 Å². The number of carbonyl (C=O) groups excluding carboxylic acids is 1. The van der Waals surface area contributed by atoms with E-state index >= 15 is 0 Å². The van der Waals surface area contributed by atoms with Crippen LogP contribution in [0.1, 0.15) is 12.5 Å². The number of quaternary nitrogens is 1. The third-order valence-electron chi connectivity index (χ3n) is 2.01. The van der Waals surface area contributed by atoms with E-state index in [1.54, 1.807) is 6.07 Å². The van der Waals surface area contributed by atoms with Crippen LogP contribution in [0.5, 0.6) is 0 Å². The molecule has 1 aromatic carbocycles. The monoisotopic (exact) mass is 233 g/mol. The summed E-state index contributed by atoms with van der Waals surface area (Å²) in [6.45, 7) is 1.45. The van der Waals surface area contributed by atoms with Crippen LogP contribution in [0.2, 0.25) is 10.0 Å². The zero-order valence-electron chi connectivity index (χ0n) is 7.51. The van der Waals surface area contributed by atoms with Gasteiger partial charge in [0.25, 0.3) is 0 Å². The van der Waals surface area contributed by atoms with Gasteiger partial charge in [0.1, 0.15) is 5.97 Å². The van der Waals surface area contributed by atoms with E-state index in [1.807, 2.05) is 0 Å². The summed E-state index contributed by atoms with van der Waals surface area (Å²) in [6.07, 6.45) is 0. The molecule has 0 radical (unpaired) electrons. The topological polar surface area (TPSA) is 67.8 Å². The molecule has 3 nitrogen and oxygen atoms in total. The Morgan fingerprint density at radius 1 is 1.43 bits per heavy atom. The van der Waals surface area contributed by atoms with Crippen LogP contribution >= 0.6 is 23.2 Å². The number of halogens is 2. The fourth-order valence-electron chi connectivity index (χ4n) is 0.957. The van der Waals surface area contributed by atoms with E-state index in [0.717, 1.165) is 0 Å². The number of benzene rings is 1. The van der Waals surface area contributed by atoms with E-state index < -0.39 is 11.5 Å². The molecular formula is C9H9Cl2NO2. The Balaban J connectivity index is 3.21. The van der Waals surface area contributed by atoms with Crippen LogP contribution in [0.3, 0.4) is 0 Å². The van der Waals surface area contributed by atoms with Crippen LogP contribution in [-0.2, 0) is 10.3 Å². The van der Waals surface area contributed by atoms with Crippen molar-refractivity contribution in [2.24, 2.45) is 0 Å². The smallest absolute Gasteiger partial charge is 0.157 e. The summed E-state index contributed by atoms with van der Waals surface area (Å²) in [5, 5.41) is 11.5. The summed E-state index contributed by atoms with van der Waals surface area (Å²) in [5.41, 5.74) is 2.70. The second-order valence-electron chi connectivity index (χ2n) is 3.25. The van der Waals surface area contributed by atoms with Gasteiger partial charge in [-0.05, 0) is 12.1 Å². The van der Waals surface area contributed by atoms with Crippen molar-refractivity contribution in [1.29, 1.82) is 0 Å². The first-order valence-electron chi connectivity index (χ1n) is 3.88. The first-order chi connectivity index (χ1) is 6.35. The van der Waals surface area contributed by atoms with E-state index in [9.17, 15) is 9.90 Å². The van der Waals surface area contributed by atoms with Crippen LogP contribution in [0.4, 0.5) is 0 Å². The minimum atomic E-state index is -1.31. The molecule has 1 rings (SSSR count). The number of carbonyl (C=O) groups is 1. The Kier molecular flexibility index (Phi) is 3.04. The molecule has 0 unspecified atom stereocenters. The lowest BCUT2D eigenvalue weighted by atomic mass is 9.94. The summed E-state index contributed by atoms with van der Waals surface area (Å²) < 4.78 is 0. The molecule has 0 aromatic heterocycles. The number of carboxylic acids is 1. The molecule has 1 aromatic rings. The second-order valence-corrected chi connectivity index (χ2v) is 4.06. The quantitative estimate of drug-likeness (QED) is 0.794. The van der Waals surface area contributed by atoms with Gasteiger partial charge in [-0.1, -0.05) is 29.3 Å². The lowest BCUT2D eigenvalue weighted by Gasteiger charge is -2.22. The van der Waals surface area contributed by atoms with Gasteiger partial charge in [-0.25, -0.2) is 0 Å². The fraction of sp³-hybridized carbons (Fsp3) is 0.222. The van der Waals surface area contributed by atoms with Crippen molar-refractivity contribution < 1.29 is 15.6 Å². The first-order valence-corrected chi connectivity index (χ1v) is 4.63. The van der Waals surface area contributed by atoms with Crippen molar-refractivity contribution in [2.45, 2.75) is 12.5 Å². The molecule has 5 heteroatoms. The van der Waals surface area contributed by atoms with Gasteiger partial charge < -0.3 is 15.6 Å². The van der Waals surface area contributed by atoms with Gasteiger partial charge in [-0.3, -0.25) is 0 Å². The van der Waals surface area contributed by atoms with Crippen molar-refractivity contribution in [3.8, 4) is 0 Å². The molecule has 0 aliphatic carbocycles. The lowest BCUT2D eigenvalue weighted by Crippen LogP contribution is -2.75. The fourth-order valence-corrected chi connectivity index (χ4v) is 1.26. The third kappa shape index (κ3) is 2.00. The summed E-state index contributed by atoms with van der Waals surface area (Å²) in [6, 6.07) is 4.58. The number of rotatable bonds is 2. The van der Waals surface area contributed by atoms with Gasteiger partial charge in [0.15, 0.2) is 5.54 Å². The highest BCUT2D eigenvalue weighted by atomic mass is 35.5. The highest BCUT2D eigenvalue weighted by molar-refractivity contribution is 6.42. The lowest BCUT2D eigenvalue weighted by molar-refractivity contribution is -0.489. The van der Waals surface area contributed by atoms with Gasteiger partial charge >= 0.3 is 0 Å². The molecule has 0 aliphatic rings. The van der Waals surface area contributed by atoms with E-state index in [-0.39, 0.29) is 0 Å². The number of hydrogen-bond acceptors (Lipinski definition) is 2. The molecule has 14 heavy (non-hydrogen) atoms. The zero-order valence-corrected chi connectivity index (χ0v) is 9.02. The van der Waals surface area contributed by atoms with E-state index in [1.165, 1.54) is 19.1 Å². The molecule has 3 N–H and O–H groups in total. The predicted molar refractivity (Wildman–Crippen MR) is 51.7 cm³/mol. The number of carboxylic acid groups (broad SMARTS) is 1. The Morgan fingerprint density at radius 3 is 2.43 bits per heavy atom. The molecule has 0 fully saturated rings. The number of aliphatic carboxylic acids is 1. The molecule has 0 aliphatic heterocycles. The van der Waals surface area contributed by atoms with Gasteiger partial charge in [0, 0.05) is 12.5 Å². The Hall–Kier alpha value is -0.770. The maximum atomic E-state index is 10.8. The Morgan fingerprint density at radius 2 is 2.00 bits per heavy atom. The zero-order chi connectivity index (χ0) is 10.9. The van der Waals surface area contributed by atoms with Gasteiger partial charge in [-0.15, -0.1) is 0 Å². The summed E-state index contributed by atoms with van der Waals surface area (Å²) in [4.78, 5) is 10.8. The molecular weight excluding hydrogens is 225 g/mol. The standard InChI is InChI=1S/C9H9Cl2NO2/c1-9(12,8(13)14)5-2-3-6(10)7(11)4-5/h2-4H,12H2,1H3,(H,13,14)/t9-/m1/s1. The minimum Gasteiger partial charge on any atom is -0.543 e. The first kappa shape index (κ1) is 11.3. The molecule has 0 saturated heterocycles. The van der Waals surface area contributed by atoms with Gasteiger partial charge in [0.2, 0.25) is 0 Å². The molecule has 0 amide bonds. The predicted octanol–water partition coefficient (Wildman–Crippen LogP) is 0.200. The molecule has 76 valence electrons. The van der Waals surface area contributed by atoms with Crippen molar-refractivity contribution in [3.05, 3.63) is 33.8 Å². The summed E-state index contributed by atoms with van der Waals surface area (Å²) >= 11 is 11.4. The van der Waals surface area contributed by atoms with Crippen LogP contribution in [0, 0.1) is 0 Å². The van der Waals surface area contributed by atoms with E-state index in [2.05, 4.69) is 5.73 Å². The summed E-state index contributed by atoms with van der Waals surface area (Å²) in [7, 11) is 0. The van der Waals surface area contributed by atoms with Gasteiger partial charge in [0.05, 0.1) is 10.0 Å². The Bertz CT molecular complexity index is 377. The SMILES string of the molecule is C[C@]([NH3+])(C(=O)[O-])c1ccc(Cl)c(Cl)c1. The molecule has 0 spiro atoms. The number of hydrogen-bond donors (Lipinski definition) is 1. The van der Waals surface area contributed by atoms with Crippen LogP contribution in [0.25, 0.3) is 0 Å². The molecule has 0 saturated carbocycles. The summed E-state index contributed by atoms with van der Waals surface area (Å²) in [5.74, 6) is -1.25. The molecule has 0 bridgehead atoms. The van der Waals surface area contributed by atoms with E-state index in [4.69, 9.17) is 23.2 Å². The maximum absolute atomic E-state index is 10.8. The third-order valence-corrected chi connectivity index (χ3v) is 2.75. The normalized spacial score (nSPS) is 14.9. The second kappa shape index (κ2) is 3.77. The van der Waals surface area contributed by atoms with Crippen molar-refractivity contribution >= 4 is 29.2 Å². The van der Waals surface area contributed by atoms with Crippen molar-refractivity contribution in [2.75, 3.05) is 0 Å². The van der Waals surface area contributed by atoms with Crippen LogP contribution in [-0.4, -0.2) is 5.97 Å². The molecule has 0 heterocycles. The maximum Gasteiger partial charge on any atom is 0.157 e. The largest absolute Gasteiger partial charge is 0.543 e. The van der Waals surface area contributed by atoms with Crippen LogP contribution < -0.4 is 10.8 Å². The van der Waals surface area contributed by atoms with Crippen molar-refractivity contribution in [3.63, 3.8) is 0 Å². The molecule has 1 atom stereocenters. The average Bonchev–Trinajstić information content (AvgIpc) is 2.09.